The Bertz CT molecular complexity index is 645. The molecule has 0 saturated carbocycles. The fourth-order valence-corrected chi connectivity index (χ4v) is 2.59. The van der Waals surface area contributed by atoms with Gasteiger partial charge in [0.15, 0.2) is 5.96 Å². The molecule has 0 fully saturated rings. The maximum absolute atomic E-state index is 5.36. The Morgan fingerprint density at radius 1 is 1.15 bits per heavy atom. The largest absolute Gasteiger partial charge is 0.382 e. The molecule has 0 aliphatic heterocycles. The van der Waals surface area contributed by atoms with E-state index in [1.165, 1.54) is 5.56 Å². The van der Waals surface area contributed by atoms with E-state index in [9.17, 15) is 0 Å². The zero-order chi connectivity index (χ0) is 18.5. The van der Waals surface area contributed by atoms with Gasteiger partial charge in [-0.2, -0.15) is 0 Å². The van der Waals surface area contributed by atoms with Crippen LogP contribution in [0.25, 0.3) is 0 Å². The minimum Gasteiger partial charge on any atom is -0.382 e. The van der Waals surface area contributed by atoms with Crippen molar-refractivity contribution in [2.75, 3.05) is 26.3 Å². The van der Waals surface area contributed by atoms with Gasteiger partial charge in [-0.15, -0.1) is 24.0 Å². The first-order valence-electron chi connectivity index (χ1n) is 9.47. The summed E-state index contributed by atoms with van der Waals surface area (Å²) in [7, 11) is 0. The van der Waals surface area contributed by atoms with Gasteiger partial charge in [-0.3, -0.25) is 0 Å². The molecule has 0 unspecified atom stereocenters. The van der Waals surface area contributed by atoms with Crippen molar-refractivity contribution >= 4 is 29.9 Å². The van der Waals surface area contributed by atoms with Gasteiger partial charge in [0.05, 0.1) is 0 Å². The molecule has 2 aromatic rings. The average Bonchev–Trinajstić information content (AvgIpc) is 3.10. The fraction of sp³-hybridized carbons (Fsp3) is 0.500. The number of hydrogen-bond donors (Lipinski definition) is 2. The second-order valence-corrected chi connectivity index (χ2v) is 5.98. The van der Waals surface area contributed by atoms with Crippen molar-refractivity contribution in [1.82, 2.24) is 20.2 Å². The minimum atomic E-state index is 0. The van der Waals surface area contributed by atoms with Gasteiger partial charge < -0.3 is 19.9 Å². The van der Waals surface area contributed by atoms with Gasteiger partial charge in [0.2, 0.25) is 0 Å². The predicted molar refractivity (Wildman–Crippen MR) is 122 cm³/mol. The number of ether oxygens (including phenoxy) is 1. The first-order valence-corrected chi connectivity index (χ1v) is 9.47. The minimum absolute atomic E-state index is 0. The molecule has 150 valence electrons. The van der Waals surface area contributed by atoms with E-state index in [4.69, 9.17) is 4.74 Å². The van der Waals surface area contributed by atoms with Crippen molar-refractivity contribution in [1.29, 1.82) is 0 Å². The van der Waals surface area contributed by atoms with Crippen molar-refractivity contribution in [3.8, 4) is 0 Å². The van der Waals surface area contributed by atoms with Crippen LogP contribution in [0.3, 0.4) is 0 Å². The highest BCUT2D eigenvalue weighted by atomic mass is 127. The highest BCUT2D eigenvalue weighted by molar-refractivity contribution is 14.0. The van der Waals surface area contributed by atoms with Crippen LogP contribution in [0, 0.1) is 0 Å². The van der Waals surface area contributed by atoms with Gasteiger partial charge in [-0.1, -0.05) is 30.3 Å². The summed E-state index contributed by atoms with van der Waals surface area (Å²) in [5.74, 6) is 1.79. The Kier molecular flexibility index (Phi) is 12.5. The van der Waals surface area contributed by atoms with E-state index >= 15 is 0 Å². The number of halogens is 1. The molecule has 1 aromatic carbocycles. The lowest BCUT2D eigenvalue weighted by molar-refractivity contribution is 0.143. The van der Waals surface area contributed by atoms with Gasteiger partial charge in [-0.05, 0) is 32.3 Å². The molecule has 0 atom stereocenters. The molecule has 1 heterocycles. The number of benzene rings is 1. The van der Waals surface area contributed by atoms with E-state index in [0.29, 0.717) is 6.54 Å². The Hall–Kier alpha value is -1.61. The summed E-state index contributed by atoms with van der Waals surface area (Å²) < 4.78 is 7.51. The van der Waals surface area contributed by atoms with Crippen LogP contribution in [0.5, 0.6) is 0 Å². The molecule has 0 spiro atoms. The van der Waals surface area contributed by atoms with Crippen LogP contribution in [0.4, 0.5) is 0 Å². The van der Waals surface area contributed by atoms with Gasteiger partial charge >= 0.3 is 0 Å². The average molecular weight is 485 g/mol. The SMILES string of the molecule is CCNC(=NCc1nccn1Cc1ccccc1)NCCCCOCC.I. The molecule has 6 nitrogen and oxygen atoms in total. The van der Waals surface area contributed by atoms with Gasteiger partial charge in [0, 0.05) is 45.2 Å². The third-order valence-electron chi connectivity index (χ3n) is 3.93. The summed E-state index contributed by atoms with van der Waals surface area (Å²) in [4.78, 5) is 9.13. The lowest BCUT2D eigenvalue weighted by Crippen LogP contribution is -2.37. The molecular formula is C20H32IN5O. The second kappa shape index (κ2) is 14.4. The van der Waals surface area contributed by atoms with Crippen LogP contribution in [0.15, 0.2) is 47.7 Å². The summed E-state index contributed by atoms with van der Waals surface area (Å²) in [6.07, 6.45) is 5.96. The Morgan fingerprint density at radius 2 is 1.96 bits per heavy atom. The molecule has 7 heteroatoms. The maximum Gasteiger partial charge on any atom is 0.191 e. The van der Waals surface area contributed by atoms with Gasteiger partial charge in [0.1, 0.15) is 12.4 Å². The highest BCUT2D eigenvalue weighted by Gasteiger charge is 2.04. The zero-order valence-electron chi connectivity index (χ0n) is 16.4. The number of rotatable bonds is 11. The van der Waals surface area contributed by atoms with Crippen LogP contribution >= 0.6 is 24.0 Å². The number of aromatic nitrogens is 2. The second-order valence-electron chi connectivity index (χ2n) is 5.98. The molecule has 0 radical (unpaired) electrons. The van der Waals surface area contributed by atoms with Crippen LogP contribution in [0.1, 0.15) is 38.1 Å². The molecule has 0 aliphatic carbocycles. The lowest BCUT2D eigenvalue weighted by atomic mass is 10.2. The number of hydrogen-bond acceptors (Lipinski definition) is 3. The van der Waals surface area contributed by atoms with Crippen LogP contribution in [0.2, 0.25) is 0 Å². The summed E-state index contributed by atoms with van der Waals surface area (Å²) in [5.41, 5.74) is 1.26. The van der Waals surface area contributed by atoms with E-state index < -0.39 is 0 Å². The Morgan fingerprint density at radius 3 is 2.70 bits per heavy atom. The topological polar surface area (TPSA) is 63.5 Å². The normalized spacial score (nSPS) is 11.1. The van der Waals surface area contributed by atoms with E-state index in [2.05, 4.69) is 56.4 Å². The van der Waals surface area contributed by atoms with E-state index in [-0.39, 0.29) is 24.0 Å². The highest BCUT2D eigenvalue weighted by Crippen LogP contribution is 2.06. The summed E-state index contributed by atoms with van der Waals surface area (Å²) >= 11 is 0. The zero-order valence-corrected chi connectivity index (χ0v) is 18.7. The van der Waals surface area contributed by atoms with Gasteiger partial charge in [0.25, 0.3) is 0 Å². The van der Waals surface area contributed by atoms with Crippen molar-refractivity contribution in [2.24, 2.45) is 4.99 Å². The molecule has 27 heavy (non-hydrogen) atoms. The lowest BCUT2D eigenvalue weighted by Gasteiger charge is -2.12. The number of aliphatic imine (C=N–C) groups is 1. The molecule has 0 amide bonds. The van der Waals surface area contributed by atoms with Crippen molar-refractivity contribution in [2.45, 2.75) is 39.8 Å². The van der Waals surface area contributed by atoms with Crippen LogP contribution in [-0.4, -0.2) is 41.8 Å². The molecule has 0 bridgehead atoms. The van der Waals surface area contributed by atoms with Crippen LogP contribution in [-0.2, 0) is 17.8 Å². The van der Waals surface area contributed by atoms with Crippen molar-refractivity contribution < 1.29 is 4.74 Å². The third kappa shape index (κ3) is 9.23. The first-order chi connectivity index (χ1) is 12.8. The molecular weight excluding hydrogens is 453 g/mol. The molecule has 0 aliphatic rings. The maximum atomic E-state index is 5.36. The summed E-state index contributed by atoms with van der Waals surface area (Å²) in [6, 6.07) is 10.4. The quantitative estimate of drug-likeness (QED) is 0.222. The fourth-order valence-electron chi connectivity index (χ4n) is 2.59. The molecule has 2 rings (SSSR count). The number of guanidine groups is 1. The predicted octanol–water partition coefficient (Wildman–Crippen LogP) is 3.42. The smallest absolute Gasteiger partial charge is 0.191 e. The van der Waals surface area contributed by atoms with Crippen molar-refractivity contribution in [3.63, 3.8) is 0 Å². The first kappa shape index (κ1) is 23.4. The van der Waals surface area contributed by atoms with E-state index in [1.807, 2.05) is 25.4 Å². The number of nitrogens with zero attached hydrogens (tertiary/aromatic N) is 3. The molecule has 0 saturated heterocycles. The molecule has 2 N–H and O–H groups in total. The number of unbranched alkanes of at least 4 members (excludes halogenated alkanes) is 1. The summed E-state index contributed by atoms with van der Waals surface area (Å²) in [6.45, 7) is 8.79. The molecule has 1 aromatic heterocycles. The Labute approximate surface area is 179 Å². The monoisotopic (exact) mass is 485 g/mol. The van der Waals surface area contributed by atoms with Crippen molar-refractivity contribution in [3.05, 3.63) is 54.1 Å². The third-order valence-corrected chi connectivity index (χ3v) is 3.93. The van der Waals surface area contributed by atoms with Gasteiger partial charge in [-0.25, -0.2) is 9.98 Å². The number of imidazole rings is 1. The van der Waals surface area contributed by atoms with E-state index in [0.717, 1.165) is 57.5 Å². The Balaban J connectivity index is 0.00000364. The number of nitrogens with one attached hydrogen (secondary N) is 2. The van der Waals surface area contributed by atoms with E-state index in [1.54, 1.807) is 0 Å². The van der Waals surface area contributed by atoms with Crippen LogP contribution < -0.4 is 10.6 Å². The standard InChI is InChI=1S/C20H31N5O.HI/c1-3-21-20(23-12-8-9-15-26-4-2)24-16-19-22-13-14-25(19)17-18-10-6-5-7-11-18;/h5-7,10-11,13-14H,3-4,8-9,12,15-17H2,1-2H3,(H2,21,23,24);1H. The summed E-state index contributed by atoms with van der Waals surface area (Å²) in [5, 5.41) is 6.66.